The predicted octanol–water partition coefficient (Wildman–Crippen LogP) is 0.117. The van der Waals surface area contributed by atoms with E-state index in [1.54, 1.807) is 0 Å². The Bertz CT molecular complexity index is 360. The van der Waals surface area contributed by atoms with Crippen LogP contribution in [0.15, 0.2) is 0 Å². The van der Waals surface area contributed by atoms with Gasteiger partial charge in [0.2, 0.25) is 5.88 Å². The van der Waals surface area contributed by atoms with Crippen LogP contribution in [0.4, 0.5) is 0 Å². The van der Waals surface area contributed by atoms with Gasteiger partial charge in [-0.3, -0.25) is 9.89 Å². The van der Waals surface area contributed by atoms with Crippen LogP contribution in [0, 0.1) is 0 Å². The second-order valence-electron chi connectivity index (χ2n) is 3.03. The van der Waals surface area contributed by atoms with Gasteiger partial charge in [0.15, 0.2) is 0 Å². The summed E-state index contributed by atoms with van der Waals surface area (Å²) in [6, 6.07) is 0. The number of aromatic amines is 1. The Morgan fingerprint density at radius 1 is 1.79 bits per heavy atom. The van der Waals surface area contributed by atoms with Crippen LogP contribution in [0.3, 0.4) is 0 Å². The summed E-state index contributed by atoms with van der Waals surface area (Å²) in [5, 5.41) is 15.4. The van der Waals surface area contributed by atoms with Gasteiger partial charge in [-0.2, -0.15) is 0 Å². The van der Waals surface area contributed by atoms with Crippen LogP contribution in [0.25, 0.3) is 0 Å². The minimum absolute atomic E-state index is 0.174. The fraction of sp³-hybridized carbons (Fsp3) is 0.500. The van der Waals surface area contributed by atoms with Crippen LogP contribution < -0.4 is 4.74 Å². The number of rotatable bonds is 2. The van der Waals surface area contributed by atoms with Crippen LogP contribution in [0.2, 0.25) is 0 Å². The van der Waals surface area contributed by atoms with Gasteiger partial charge in [-0.1, -0.05) is 0 Å². The van der Waals surface area contributed by atoms with Gasteiger partial charge >= 0.3 is 5.97 Å². The van der Waals surface area contributed by atoms with Crippen molar-refractivity contribution in [2.75, 3.05) is 13.7 Å². The number of hydrogen-bond acceptors (Lipinski definition) is 4. The first-order chi connectivity index (χ1) is 6.74. The highest BCUT2D eigenvalue weighted by Gasteiger charge is 2.31. The van der Waals surface area contributed by atoms with E-state index in [1.165, 1.54) is 7.11 Å². The second-order valence-corrected chi connectivity index (χ2v) is 3.03. The molecule has 0 spiro atoms. The van der Waals surface area contributed by atoms with Crippen molar-refractivity contribution in [1.82, 2.24) is 10.2 Å². The molecular weight excluding hydrogens is 188 g/mol. The molecule has 1 atom stereocenters. The van der Waals surface area contributed by atoms with Crippen molar-refractivity contribution in [3.8, 4) is 5.88 Å². The van der Waals surface area contributed by atoms with Crippen molar-refractivity contribution in [3.05, 3.63) is 11.3 Å². The first-order valence-electron chi connectivity index (χ1n) is 4.15. The summed E-state index contributed by atoms with van der Waals surface area (Å²) in [5.41, 5.74) is 1.28. The number of aliphatic carboxylic acids is 1. The van der Waals surface area contributed by atoms with E-state index < -0.39 is 11.9 Å². The van der Waals surface area contributed by atoms with Crippen molar-refractivity contribution in [2.24, 2.45) is 0 Å². The smallest absolute Gasteiger partial charge is 0.314 e. The van der Waals surface area contributed by atoms with E-state index in [-0.39, 0.29) is 6.61 Å². The van der Waals surface area contributed by atoms with E-state index in [0.29, 0.717) is 23.7 Å². The highest BCUT2D eigenvalue weighted by Crippen LogP contribution is 2.30. The number of nitrogens with zero attached hydrogens (tertiary/aromatic N) is 1. The molecule has 2 rings (SSSR count). The third-order valence-electron chi connectivity index (χ3n) is 2.23. The summed E-state index contributed by atoms with van der Waals surface area (Å²) in [5.74, 6) is -1.18. The molecule has 1 aliphatic rings. The highest BCUT2D eigenvalue weighted by molar-refractivity contribution is 5.76. The van der Waals surface area contributed by atoms with Gasteiger partial charge < -0.3 is 14.6 Å². The minimum atomic E-state index is -0.919. The molecule has 0 aromatic carbocycles. The molecule has 1 aliphatic heterocycles. The summed E-state index contributed by atoms with van der Waals surface area (Å²) < 4.78 is 10.1. The van der Waals surface area contributed by atoms with Crippen molar-refractivity contribution < 1.29 is 19.4 Å². The Hall–Kier alpha value is -1.56. The van der Waals surface area contributed by atoms with Gasteiger partial charge in [0.1, 0.15) is 5.92 Å². The van der Waals surface area contributed by atoms with Crippen molar-refractivity contribution in [1.29, 1.82) is 0 Å². The van der Waals surface area contributed by atoms with Gasteiger partial charge in [0.05, 0.1) is 31.6 Å². The number of ether oxygens (including phenoxy) is 2. The maximum atomic E-state index is 10.8. The summed E-state index contributed by atoms with van der Waals surface area (Å²) in [6.45, 7) is 0.520. The van der Waals surface area contributed by atoms with Gasteiger partial charge in [-0.25, -0.2) is 0 Å². The molecule has 0 radical (unpaired) electrons. The molecule has 6 heteroatoms. The zero-order valence-corrected chi connectivity index (χ0v) is 7.61. The Labute approximate surface area is 79.8 Å². The molecule has 2 N–H and O–H groups in total. The molecule has 0 fully saturated rings. The molecule has 0 aliphatic carbocycles. The van der Waals surface area contributed by atoms with Crippen LogP contribution in [-0.4, -0.2) is 35.0 Å². The lowest BCUT2D eigenvalue weighted by atomic mass is 10.0. The number of carboxylic acid groups (broad SMARTS) is 1. The zero-order chi connectivity index (χ0) is 10.1. The number of methoxy groups -OCH3 is 1. The number of fused-ring (bicyclic) bond motifs is 1. The van der Waals surface area contributed by atoms with Crippen molar-refractivity contribution in [2.45, 2.75) is 12.5 Å². The van der Waals surface area contributed by atoms with E-state index in [9.17, 15) is 4.79 Å². The van der Waals surface area contributed by atoms with Crippen molar-refractivity contribution >= 4 is 5.97 Å². The Morgan fingerprint density at radius 2 is 2.57 bits per heavy atom. The predicted molar refractivity (Wildman–Crippen MR) is 45.2 cm³/mol. The second kappa shape index (κ2) is 3.30. The molecular formula is C8H10N2O4. The molecule has 1 aromatic rings. The Kier molecular flexibility index (Phi) is 2.12. The van der Waals surface area contributed by atoms with E-state index in [0.717, 1.165) is 0 Å². The molecule has 2 heterocycles. The van der Waals surface area contributed by atoms with Gasteiger partial charge in [0.25, 0.3) is 0 Å². The van der Waals surface area contributed by atoms with E-state index >= 15 is 0 Å². The molecule has 76 valence electrons. The Morgan fingerprint density at radius 3 is 3.21 bits per heavy atom. The fourth-order valence-electron chi connectivity index (χ4n) is 1.51. The lowest BCUT2D eigenvalue weighted by molar-refractivity contribution is -0.141. The molecule has 1 unspecified atom stereocenters. The van der Waals surface area contributed by atoms with Gasteiger partial charge in [-0.15, -0.1) is 5.10 Å². The number of H-pyrrole nitrogens is 1. The largest absolute Gasteiger partial charge is 0.481 e. The summed E-state index contributed by atoms with van der Waals surface area (Å²) in [6.07, 6.45) is 0. The topological polar surface area (TPSA) is 84.4 Å². The summed E-state index contributed by atoms with van der Waals surface area (Å²) in [7, 11) is 1.49. The fourth-order valence-corrected chi connectivity index (χ4v) is 1.51. The van der Waals surface area contributed by atoms with Gasteiger partial charge in [0, 0.05) is 0 Å². The zero-order valence-electron chi connectivity index (χ0n) is 7.61. The van der Waals surface area contributed by atoms with E-state index in [1.807, 2.05) is 0 Å². The number of carboxylic acids is 1. The molecule has 0 saturated carbocycles. The monoisotopic (exact) mass is 198 g/mol. The molecule has 14 heavy (non-hydrogen) atoms. The van der Waals surface area contributed by atoms with E-state index in [2.05, 4.69) is 10.2 Å². The normalized spacial score (nSPS) is 20.2. The first-order valence-corrected chi connectivity index (χ1v) is 4.15. The number of nitrogens with one attached hydrogen (secondary N) is 1. The van der Waals surface area contributed by atoms with Crippen LogP contribution in [-0.2, 0) is 16.1 Å². The van der Waals surface area contributed by atoms with Crippen LogP contribution >= 0.6 is 0 Å². The first kappa shape index (κ1) is 9.01. The summed E-state index contributed by atoms with van der Waals surface area (Å²) >= 11 is 0. The lowest BCUT2D eigenvalue weighted by Crippen LogP contribution is -2.23. The lowest BCUT2D eigenvalue weighted by Gasteiger charge is -2.18. The minimum Gasteiger partial charge on any atom is -0.481 e. The van der Waals surface area contributed by atoms with E-state index in [4.69, 9.17) is 14.6 Å². The molecule has 0 saturated heterocycles. The molecule has 6 nitrogen and oxygen atoms in total. The number of carbonyl (C=O) groups is 1. The number of aromatic nitrogens is 2. The average Bonchev–Trinajstić information content (AvgIpc) is 2.59. The SMILES string of the molecule is COc1n[nH]c2c1COCC2C(=O)O. The summed E-state index contributed by atoms with van der Waals surface area (Å²) in [4.78, 5) is 10.8. The third kappa shape index (κ3) is 1.24. The standard InChI is InChI=1S/C8H10N2O4/c1-13-7-4-2-14-3-5(8(11)12)6(4)9-10-7/h5H,2-3H2,1H3,(H,9,10)(H,11,12). The molecule has 1 aromatic heterocycles. The number of hydrogen-bond donors (Lipinski definition) is 2. The Balaban J connectivity index is 2.40. The maximum Gasteiger partial charge on any atom is 0.314 e. The van der Waals surface area contributed by atoms with Gasteiger partial charge in [-0.05, 0) is 0 Å². The van der Waals surface area contributed by atoms with Crippen LogP contribution in [0.5, 0.6) is 5.88 Å². The molecule has 0 bridgehead atoms. The quantitative estimate of drug-likeness (QED) is 0.704. The third-order valence-corrected chi connectivity index (χ3v) is 2.23. The van der Waals surface area contributed by atoms with Crippen LogP contribution in [0.1, 0.15) is 17.2 Å². The molecule has 0 amide bonds. The highest BCUT2D eigenvalue weighted by atomic mass is 16.5. The average molecular weight is 198 g/mol. The maximum absolute atomic E-state index is 10.8. The van der Waals surface area contributed by atoms with Crippen molar-refractivity contribution in [3.63, 3.8) is 0 Å².